The molecule has 1 atom stereocenters. The van der Waals surface area contributed by atoms with E-state index >= 15 is 0 Å². The lowest BCUT2D eigenvalue weighted by Crippen LogP contribution is -2.45. The molecule has 0 aliphatic rings. The van der Waals surface area contributed by atoms with Gasteiger partial charge in [-0.3, -0.25) is 9.59 Å². The Balaban J connectivity index is 1.89. The van der Waals surface area contributed by atoms with E-state index in [1.54, 1.807) is 23.9 Å². The van der Waals surface area contributed by atoms with Gasteiger partial charge in [-0.05, 0) is 42.7 Å². The number of thioether (sulfide) groups is 1. The zero-order valence-electron chi connectivity index (χ0n) is 14.1. The lowest BCUT2D eigenvalue weighted by atomic mass is 10.2. The lowest BCUT2D eigenvalue weighted by Gasteiger charge is -2.18. The standard InChI is InChI=1S/C19H22N2O3S/c1-25-13-12-17(19(23)20-15-8-4-2-5-9-15)21-18(22)14-24-16-10-6-3-7-11-16/h2-11,17H,12-14H2,1H3,(H,20,23)(H,21,22)/t17-/m0/s1. The van der Waals surface area contributed by atoms with Gasteiger partial charge in [-0.1, -0.05) is 36.4 Å². The van der Waals surface area contributed by atoms with Crippen molar-refractivity contribution in [2.24, 2.45) is 0 Å². The van der Waals surface area contributed by atoms with E-state index in [2.05, 4.69) is 10.6 Å². The molecule has 0 aliphatic heterocycles. The van der Waals surface area contributed by atoms with Crippen LogP contribution >= 0.6 is 11.8 Å². The number of amides is 2. The molecule has 5 nitrogen and oxygen atoms in total. The first-order chi connectivity index (χ1) is 12.2. The highest BCUT2D eigenvalue weighted by Gasteiger charge is 2.20. The van der Waals surface area contributed by atoms with Gasteiger partial charge in [-0.2, -0.15) is 11.8 Å². The molecule has 25 heavy (non-hydrogen) atoms. The Morgan fingerprint density at radius 3 is 2.32 bits per heavy atom. The van der Waals surface area contributed by atoms with Crippen LogP contribution < -0.4 is 15.4 Å². The maximum atomic E-state index is 12.5. The Morgan fingerprint density at radius 2 is 1.68 bits per heavy atom. The predicted molar refractivity (Wildman–Crippen MR) is 102 cm³/mol. The molecule has 0 heterocycles. The molecule has 6 heteroatoms. The summed E-state index contributed by atoms with van der Waals surface area (Å²) in [5.41, 5.74) is 0.705. The number of ether oxygens (including phenoxy) is 1. The average molecular weight is 358 g/mol. The third kappa shape index (κ3) is 6.89. The van der Waals surface area contributed by atoms with Gasteiger partial charge in [-0.25, -0.2) is 0 Å². The molecule has 132 valence electrons. The summed E-state index contributed by atoms with van der Waals surface area (Å²) in [6.07, 6.45) is 2.52. The normalized spacial score (nSPS) is 11.4. The molecular weight excluding hydrogens is 336 g/mol. The van der Waals surface area contributed by atoms with E-state index in [9.17, 15) is 9.59 Å². The highest BCUT2D eigenvalue weighted by Crippen LogP contribution is 2.10. The van der Waals surface area contributed by atoms with Crippen molar-refractivity contribution in [3.63, 3.8) is 0 Å². The summed E-state index contributed by atoms with van der Waals surface area (Å²) in [7, 11) is 0. The summed E-state index contributed by atoms with van der Waals surface area (Å²) < 4.78 is 5.42. The molecule has 0 aliphatic carbocycles. The van der Waals surface area contributed by atoms with Crippen molar-refractivity contribution in [3.05, 3.63) is 60.7 Å². The van der Waals surface area contributed by atoms with Crippen LogP contribution in [0.2, 0.25) is 0 Å². The van der Waals surface area contributed by atoms with E-state index < -0.39 is 6.04 Å². The number of hydrogen-bond donors (Lipinski definition) is 2. The van der Waals surface area contributed by atoms with Crippen molar-refractivity contribution in [1.29, 1.82) is 0 Å². The third-order valence-corrected chi connectivity index (χ3v) is 4.06. The second kappa shape index (κ2) is 10.4. The van der Waals surface area contributed by atoms with E-state index in [0.29, 0.717) is 17.9 Å². The van der Waals surface area contributed by atoms with Gasteiger partial charge in [0.15, 0.2) is 6.61 Å². The van der Waals surface area contributed by atoms with E-state index in [1.807, 2.05) is 54.8 Å². The predicted octanol–water partition coefficient (Wildman–Crippen LogP) is 2.94. The van der Waals surface area contributed by atoms with E-state index in [1.165, 1.54) is 0 Å². The average Bonchev–Trinajstić information content (AvgIpc) is 2.65. The molecular formula is C19H22N2O3S. The first-order valence-corrected chi connectivity index (χ1v) is 9.40. The molecule has 2 rings (SSSR count). The van der Waals surface area contributed by atoms with Crippen LogP contribution in [-0.4, -0.2) is 36.5 Å². The zero-order valence-corrected chi connectivity index (χ0v) is 14.9. The number of carbonyl (C=O) groups is 2. The van der Waals surface area contributed by atoms with Crippen LogP contribution in [0.1, 0.15) is 6.42 Å². The monoisotopic (exact) mass is 358 g/mol. The summed E-state index contributed by atoms with van der Waals surface area (Å²) in [6, 6.07) is 17.7. The highest BCUT2D eigenvalue weighted by molar-refractivity contribution is 7.98. The Bertz CT molecular complexity index is 665. The zero-order chi connectivity index (χ0) is 17.9. The minimum Gasteiger partial charge on any atom is -0.484 e. The molecule has 2 aromatic carbocycles. The summed E-state index contributed by atoms with van der Waals surface area (Å²) in [6.45, 7) is -0.127. The van der Waals surface area contributed by atoms with Crippen molar-refractivity contribution in [3.8, 4) is 5.75 Å². The van der Waals surface area contributed by atoms with Gasteiger partial charge in [0.1, 0.15) is 11.8 Å². The number of hydrogen-bond acceptors (Lipinski definition) is 4. The van der Waals surface area contributed by atoms with Crippen molar-refractivity contribution >= 4 is 29.3 Å². The molecule has 0 radical (unpaired) electrons. The fourth-order valence-electron chi connectivity index (χ4n) is 2.16. The Labute approximate surface area is 152 Å². The minimum atomic E-state index is -0.598. The quantitative estimate of drug-likeness (QED) is 0.723. The Hall–Kier alpha value is -2.47. The van der Waals surface area contributed by atoms with Gasteiger partial charge in [0, 0.05) is 5.69 Å². The molecule has 0 unspecified atom stereocenters. The Morgan fingerprint density at radius 1 is 1.04 bits per heavy atom. The first-order valence-electron chi connectivity index (χ1n) is 8.01. The van der Waals surface area contributed by atoms with Gasteiger partial charge in [-0.15, -0.1) is 0 Å². The molecule has 0 spiro atoms. The van der Waals surface area contributed by atoms with Crippen LogP contribution in [0.5, 0.6) is 5.75 Å². The van der Waals surface area contributed by atoms with E-state index in [4.69, 9.17) is 4.74 Å². The second-order valence-corrected chi connectivity index (χ2v) is 6.34. The molecule has 2 N–H and O–H groups in total. The molecule has 0 saturated carbocycles. The summed E-state index contributed by atoms with van der Waals surface area (Å²) in [4.78, 5) is 24.6. The van der Waals surface area contributed by atoms with Crippen molar-refractivity contribution < 1.29 is 14.3 Å². The number of benzene rings is 2. The van der Waals surface area contributed by atoms with E-state index in [-0.39, 0.29) is 18.4 Å². The number of para-hydroxylation sites is 2. The van der Waals surface area contributed by atoms with Crippen LogP contribution in [0, 0.1) is 0 Å². The third-order valence-electron chi connectivity index (χ3n) is 3.42. The molecule has 0 aromatic heterocycles. The van der Waals surface area contributed by atoms with Gasteiger partial charge >= 0.3 is 0 Å². The van der Waals surface area contributed by atoms with Gasteiger partial charge in [0.05, 0.1) is 0 Å². The largest absolute Gasteiger partial charge is 0.484 e. The summed E-state index contributed by atoms with van der Waals surface area (Å²) in [5, 5.41) is 5.58. The minimum absolute atomic E-state index is 0.127. The van der Waals surface area contributed by atoms with Gasteiger partial charge in [0.25, 0.3) is 5.91 Å². The maximum absolute atomic E-state index is 12.5. The smallest absolute Gasteiger partial charge is 0.258 e. The van der Waals surface area contributed by atoms with E-state index in [0.717, 1.165) is 5.75 Å². The van der Waals surface area contributed by atoms with Crippen LogP contribution in [0.3, 0.4) is 0 Å². The molecule has 2 amide bonds. The lowest BCUT2D eigenvalue weighted by molar-refractivity contribution is -0.127. The SMILES string of the molecule is CSCC[C@H](NC(=O)COc1ccccc1)C(=O)Nc1ccccc1. The van der Waals surface area contributed by atoms with Crippen LogP contribution in [0.15, 0.2) is 60.7 Å². The fraction of sp³-hybridized carbons (Fsp3) is 0.263. The molecule has 0 bridgehead atoms. The number of rotatable bonds is 9. The van der Waals surface area contributed by atoms with Gasteiger partial charge < -0.3 is 15.4 Å². The molecule has 0 saturated heterocycles. The summed E-state index contributed by atoms with van der Waals surface area (Å²) >= 11 is 1.63. The number of anilines is 1. The molecule has 2 aromatic rings. The molecule has 0 fully saturated rings. The highest BCUT2D eigenvalue weighted by atomic mass is 32.2. The van der Waals surface area contributed by atoms with Crippen molar-refractivity contribution in [2.45, 2.75) is 12.5 Å². The Kier molecular flexibility index (Phi) is 7.85. The first kappa shape index (κ1) is 18.9. The van der Waals surface area contributed by atoms with Crippen molar-refractivity contribution in [2.75, 3.05) is 23.9 Å². The second-order valence-electron chi connectivity index (χ2n) is 5.36. The van der Waals surface area contributed by atoms with Crippen LogP contribution in [0.4, 0.5) is 5.69 Å². The number of nitrogens with one attached hydrogen (secondary N) is 2. The maximum Gasteiger partial charge on any atom is 0.258 e. The van der Waals surface area contributed by atoms with Crippen LogP contribution in [-0.2, 0) is 9.59 Å². The van der Waals surface area contributed by atoms with Crippen molar-refractivity contribution in [1.82, 2.24) is 5.32 Å². The topological polar surface area (TPSA) is 67.4 Å². The van der Waals surface area contributed by atoms with Crippen LogP contribution in [0.25, 0.3) is 0 Å². The fourth-order valence-corrected chi connectivity index (χ4v) is 2.63. The summed E-state index contributed by atoms with van der Waals surface area (Å²) in [5.74, 6) is 0.839. The number of carbonyl (C=O) groups excluding carboxylic acids is 2. The van der Waals surface area contributed by atoms with Gasteiger partial charge in [0.2, 0.25) is 5.91 Å².